The molecule has 6 nitrogen and oxygen atoms in total. The predicted molar refractivity (Wildman–Crippen MR) is 87.2 cm³/mol. The molecule has 6 heteroatoms. The van der Waals surface area contributed by atoms with Crippen molar-refractivity contribution in [2.75, 3.05) is 19.7 Å². The third-order valence-corrected chi connectivity index (χ3v) is 4.22. The van der Waals surface area contributed by atoms with Crippen LogP contribution in [0.25, 0.3) is 0 Å². The number of aromatic amines is 1. The van der Waals surface area contributed by atoms with Crippen LogP contribution in [-0.4, -0.2) is 45.7 Å². The fraction of sp³-hybridized carbons (Fsp3) is 0.471. The average Bonchev–Trinajstić information content (AvgIpc) is 2.56. The number of morpholine rings is 1. The number of nitrogens with zero attached hydrogens (tertiary/aromatic N) is 3. The van der Waals surface area contributed by atoms with Crippen molar-refractivity contribution < 1.29 is 4.74 Å². The molecule has 2 aromatic heterocycles. The van der Waals surface area contributed by atoms with Gasteiger partial charge in [0, 0.05) is 43.8 Å². The molecule has 1 saturated heterocycles. The minimum Gasteiger partial charge on any atom is -0.376 e. The molecule has 1 aliphatic heterocycles. The molecule has 3 heterocycles. The number of ether oxygens (including phenoxy) is 1. The maximum absolute atomic E-state index is 11.3. The second kappa shape index (κ2) is 7.48. The summed E-state index contributed by atoms with van der Waals surface area (Å²) in [6.45, 7) is 5.61. The standard InChI is InChI=1S/C17H22N4O2/c1-13-4-5-18-9-14(13)10-21-6-7-23-16(11-21)3-2-15-8-17(22)20-12-19-15/h4-5,8-9,12,16H,2-3,6-7,10-11H2,1H3,(H,19,20,22)/t16-/m0/s1. The van der Waals surface area contributed by atoms with Crippen LogP contribution in [0.4, 0.5) is 0 Å². The van der Waals surface area contributed by atoms with E-state index < -0.39 is 0 Å². The molecule has 0 saturated carbocycles. The van der Waals surface area contributed by atoms with Gasteiger partial charge in [-0.3, -0.25) is 14.7 Å². The fourth-order valence-electron chi connectivity index (χ4n) is 2.86. The van der Waals surface area contributed by atoms with E-state index in [2.05, 4.69) is 26.8 Å². The molecule has 0 radical (unpaired) electrons. The SMILES string of the molecule is Cc1ccncc1CN1CCO[C@@H](CCc2cc(=O)[nH]cn2)C1. The number of hydrogen-bond acceptors (Lipinski definition) is 5. The molecule has 0 bridgehead atoms. The first-order valence-electron chi connectivity index (χ1n) is 7.98. The molecule has 122 valence electrons. The molecule has 1 aliphatic rings. The van der Waals surface area contributed by atoms with Crippen LogP contribution in [0.1, 0.15) is 23.2 Å². The van der Waals surface area contributed by atoms with Gasteiger partial charge >= 0.3 is 0 Å². The second-order valence-corrected chi connectivity index (χ2v) is 5.97. The number of hydrogen-bond donors (Lipinski definition) is 1. The number of nitrogens with one attached hydrogen (secondary N) is 1. The van der Waals surface area contributed by atoms with Crippen molar-refractivity contribution in [3.63, 3.8) is 0 Å². The lowest BCUT2D eigenvalue weighted by atomic mass is 10.1. The zero-order chi connectivity index (χ0) is 16.1. The van der Waals surface area contributed by atoms with Crippen LogP contribution < -0.4 is 5.56 Å². The van der Waals surface area contributed by atoms with E-state index in [9.17, 15) is 4.79 Å². The normalized spacial score (nSPS) is 18.9. The highest BCUT2D eigenvalue weighted by atomic mass is 16.5. The zero-order valence-corrected chi connectivity index (χ0v) is 13.4. The van der Waals surface area contributed by atoms with Gasteiger partial charge in [-0.15, -0.1) is 0 Å². The maximum atomic E-state index is 11.3. The Morgan fingerprint density at radius 2 is 2.39 bits per heavy atom. The molecule has 3 rings (SSSR count). The summed E-state index contributed by atoms with van der Waals surface area (Å²) in [5, 5.41) is 0. The lowest BCUT2D eigenvalue weighted by molar-refractivity contribution is -0.0347. The summed E-state index contributed by atoms with van der Waals surface area (Å²) >= 11 is 0. The first-order chi connectivity index (χ1) is 11.2. The van der Waals surface area contributed by atoms with Gasteiger partial charge in [-0.05, 0) is 37.0 Å². The number of rotatable bonds is 5. The summed E-state index contributed by atoms with van der Waals surface area (Å²) in [5.41, 5.74) is 3.26. The lowest BCUT2D eigenvalue weighted by Gasteiger charge is -2.33. The van der Waals surface area contributed by atoms with E-state index >= 15 is 0 Å². The quantitative estimate of drug-likeness (QED) is 0.901. The van der Waals surface area contributed by atoms with E-state index in [-0.39, 0.29) is 11.7 Å². The molecular weight excluding hydrogens is 292 g/mol. The van der Waals surface area contributed by atoms with E-state index in [4.69, 9.17) is 4.74 Å². The van der Waals surface area contributed by atoms with Crippen LogP contribution in [0.5, 0.6) is 0 Å². The highest BCUT2D eigenvalue weighted by Gasteiger charge is 2.21. The van der Waals surface area contributed by atoms with Gasteiger partial charge in [0.05, 0.1) is 19.0 Å². The Bertz CT molecular complexity index is 701. The minimum absolute atomic E-state index is 0.103. The van der Waals surface area contributed by atoms with Gasteiger partial charge in [0.25, 0.3) is 5.56 Å². The van der Waals surface area contributed by atoms with Crippen molar-refractivity contribution in [2.24, 2.45) is 0 Å². The Hall–Kier alpha value is -2.05. The molecule has 1 atom stereocenters. The maximum Gasteiger partial charge on any atom is 0.250 e. The summed E-state index contributed by atoms with van der Waals surface area (Å²) in [6.07, 6.45) is 7.04. The zero-order valence-electron chi connectivity index (χ0n) is 13.4. The van der Waals surface area contributed by atoms with Crippen molar-refractivity contribution in [3.05, 3.63) is 58.0 Å². The number of aromatic nitrogens is 3. The monoisotopic (exact) mass is 314 g/mol. The molecule has 2 aromatic rings. The molecule has 1 fully saturated rings. The van der Waals surface area contributed by atoms with E-state index in [1.54, 1.807) is 6.07 Å². The largest absolute Gasteiger partial charge is 0.376 e. The number of H-pyrrole nitrogens is 1. The lowest BCUT2D eigenvalue weighted by Crippen LogP contribution is -2.42. The average molecular weight is 314 g/mol. The van der Waals surface area contributed by atoms with Crippen LogP contribution in [0.2, 0.25) is 0 Å². The Balaban J connectivity index is 1.54. The summed E-state index contributed by atoms with van der Waals surface area (Å²) in [5.74, 6) is 0. The third-order valence-electron chi connectivity index (χ3n) is 4.22. The van der Waals surface area contributed by atoms with Crippen molar-refractivity contribution in [3.8, 4) is 0 Å². The van der Waals surface area contributed by atoms with Gasteiger partial charge in [0.1, 0.15) is 0 Å². The fourth-order valence-corrected chi connectivity index (χ4v) is 2.86. The molecular formula is C17H22N4O2. The summed E-state index contributed by atoms with van der Waals surface area (Å²) in [4.78, 5) is 24.6. The summed E-state index contributed by atoms with van der Waals surface area (Å²) < 4.78 is 5.86. The highest BCUT2D eigenvalue weighted by molar-refractivity contribution is 5.21. The summed E-state index contributed by atoms with van der Waals surface area (Å²) in [7, 11) is 0. The molecule has 0 amide bonds. The van der Waals surface area contributed by atoms with Crippen LogP contribution in [0, 0.1) is 6.92 Å². The Morgan fingerprint density at radius 1 is 1.48 bits per heavy atom. The Morgan fingerprint density at radius 3 is 3.22 bits per heavy atom. The summed E-state index contributed by atoms with van der Waals surface area (Å²) in [6, 6.07) is 3.60. The topological polar surface area (TPSA) is 71.1 Å². The second-order valence-electron chi connectivity index (χ2n) is 5.97. The molecule has 0 spiro atoms. The Labute approximate surface area is 135 Å². The molecule has 23 heavy (non-hydrogen) atoms. The van der Waals surface area contributed by atoms with E-state index in [1.807, 2.05) is 18.5 Å². The number of pyridine rings is 1. The minimum atomic E-state index is -0.103. The van der Waals surface area contributed by atoms with E-state index in [0.717, 1.165) is 44.8 Å². The van der Waals surface area contributed by atoms with E-state index in [1.165, 1.54) is 17.5 Å². The van der Waals surface area contributed by atoms with Gasteiger partial charge in [0.15, 0.2) is 0 Å². The van der Waals surface area contributed by atoms with E-state index in [0.29, 0.717) is 0 Å². The van der Waals surface area contributed by atoms with Gasteiger partial charge in [-0.25, -0.2) is 4.98 Å². The van der Waals surface area contributed by atoms with Crippen molar-refractivity contribution >= 4 is 0 Å². The van der Waals surface area contributed by atoms with Gasteiger partial charge in [-0.1, -0.05) is 0 Å². The van der Waals surface area contributed by atoms with Crippen LogP contribution in [0.3, 0.4) is 0 Å². The van der Waals surface area contributed by atoms with Crippen molar-refractivity contribution in [1.29, 1.82) is 0 Å². The van der Waals surface area contributed by atoms with Gasteiger partial charge < -0.3 is 9.72 Å². The smallest absolute Gasteiger partial charge is 0.250 e. The Kier molecular flexibility index (Phi) is 5.15. The molecule has 1 N–H and O–H groups in total. The molecule has 0 aliphatic carbocycles. The van der Waals surface area contributed by atoms with Crippen molar-refractivity contribution in [1.82, 2.24) is 19.9 Å². The molecule has 0 aromatic carbocycles. The van der Waals surface area contributed by atoms with Crippen LogP contribution >= 0.6 is 0 Å². The molecule has 0 unspecified atom stereocenters. The highest BCUT2D eigenvalue weighted by Crippen LogP contribution is 2.15. The predicted octanol–water partition coefficient (Wildman–Crippen LogP) is 1.31. The van der Waals surface area contributed by atoms with Crippen molar-refractivity contribution in [2.45, 2.75) is 32.4 Å². The first-order valence-corrected chi connectivity index (χ1v) is 7.98. The van der Waals surface area contributed by atoms with Gasteiger partial charge in [0.2, 0.25) is 0 Å². The van der Waals surface area contributed by atoms with Gasteiger partial charge in [-0.2, -0.15) is 0 Å². The third kappa shape index (κ3) is 4.46. The van der Waals surface area contributed by atoms with Crippen LogP contribution in [0.15, 0.2) is 35.6 Å². The first kappa shape index (κ1) is 15.8. The number of aryl methyl sites for hydroxylation is 2. The van der Waals surface area contributed by atoms with Crippen LogP contribution in [-0.2, 0) is 17.7 Å².